The third-order valence-corrected chi connectivity index (χ3v) is 5.59. The van der Waals surface area contributed by atoms with Crippen LogP contribution in [0.3, 0.4) is 0 Å². The molecule has 1 N–H and O–H groups in total. The van der Waals surface area contributed by atoms with Gasteiger partial charge in [0.2, 0.25) is 10.0 Å². The van der Waals surface area contributed by atoms with Crippen LogP contribution in [-0.4, -0.2) is 32.4 Å². The third-order valence-electron chi connectivity index (χ3n) is 2.72. The van der Waals surface area contributed by atoms with Gasteiger partial charge in [-0.1, -0.05) is 34.6 Å². The fourth-order valence-corrected chi connectivity index (χ4v) is 4.44. The van der Waals surface area contributed by atoms with Crippen LogP contribution in [0.5, 0.6) is 0 Å². The highest BCUT2D eigenvalue weighted by molar-refractivity contribution is 7.89. The van der Waals surface area contributed by atoms with Gasteiger partial charge in [-0.15, -0.1) is 11.3 Å². The van der Waals surface area contributed by atoms with E-state index >= 15 is 0 Å². The summed E-state index contributed by atoms with van der Waals surface area (Å²) in [7, 11) is -1.73. The first-order valence-electron chi connectivity index (χ1n) is 6.79. The van der Waals surface area contributed by atoms with Gasteiger partial charge in [-0.05, 0) is 11.5 Å². The largest absolute Gasteiger partial charge is 0.310 e. The van der Waals surface area contributed by atoms with Crippen LogP contribution in [0, 0.1) is 5.41 Å². The van der Waals surface area contributed by atoms with Crippen molar-refractivity contribution in [3.63, 3.8) is 0 Å². The van der Waals surface area contributed by atoms with Gasteiger partial charge in [-0.3, -0.25) is 0 Å². The first kappa shape index (κ1) is 17.6. The Kier molecular flexibility index (Phi) is 5.78. The van der Waals surface area contributed by atoms with Crippen LogP contribution < -0.4 is 5.32 Å². The molecule has 116 valence electrons. The molecule has 0 aliphatic rings. The summed E-state index contributed by atoms with van der Waals surface area (Å²) >= 11 is 1.49. The minimum atomic E-state index is -3.37. The van der Waals surface area contributed by atoms with Gasteiger partial charge in [0.05, 0.1) is 4.90 Å². The van der Waals surface area contributed by atoms with Crippen molar-refractivity contribution in [2.45, 2.75) is 52.1 Å². The lowest BCUT2D eigenvalue weighted by Gasteiger charge is -2.25. The summed E-state index contributed by atoms with van der Waals surface area (Å²) in [6.07, 6.45) is 0. The van der Waals surface area contributed by atoms with Gasteiger partial charge < -0.3 is 5.32 Å². The number of rotatable bonds is 6. The second kappa shape index (κ2) is 6.56. The molecule has 0 amide bonds. The summed E-state index contributed by atoms with van der Waals surface area (Å²) in [5, 5.41) is 5.02. The van der Waals surface area contributed by atoms with Crippen molar-refractivity contribution in [2.24, 2.45) is 5.41 Å². The van der Waals surface area contributed by atoms with Crippen molar-refractivity contribution in [3.05, 3.63) is 16.3 Å². The number of hydrogen-bond donors (Lipinski definition) is 1. The van der Waals surface area contributed by atoms with E-state index in [0.29, 0.717) is 24.0 Å². The van der Waals surface area contributed by atoms with E-state index in [-0.39, 0.29) is 5.41 Å². The van der Waals surface area contributed by atoms with Gasteiger partial charge >= 0.3 is 0 Å². The predicted molar refractivity (Wildman–Crippen MR) is 85.6 cm³/mol. The van der Waals surface area contributed by atoms with E-state index < -0.39 is 10.0 Å². The Balaban J connectivity index is 2.83. The Hall–Kier alpha value is -0.430. The van der Waals surface area contributed by atoms with Crippen molar-refractivity contribution in [3.8, 4) is 0 Å². The molecule has 0 aliphatic heterocycles. The fraction of sp³-hybridized carbons (Fsp3) is 0.714. The maximum absolute atomic E-state index is 12.5. The highest BCUT2D eigenvalue weighted by Gasteiger charge is 2.26. The van der Waals surface area contributed by atoms with Crippen LogP contribution in [-0.2, 0) is 16.6 Å². The second-order valence-electron chi connectivity index (χ2n) is 6.61. The quantitative estimate of drug-likeness (QED) is 0.877. The molecule has 0 spiro atoms. The van der Waals surface area contributed by atoms with Gasteiger partial charge in [-0.25, -0.2) is 12.7 Å². The van der Waals surface area contributed by atoms with Gasteiger partial charge in [-0.2, -0.15) is 0 Å². The molecule has 6 heteroatoms. The number of thiophene rings is 1. The highest BCUT2D eigenvalue weighted by atomic mass is 32.2. The van der Waals surface area contributed by atoms with Crippen LogP contribution in [0.4, 0.5) is 0 Å². The van der Waals surface area contributed by atoms with Crippen LogP contribution >= 0.6 is 11.3 Å². The molecule has 0 bridgehead atoms. The summed E-state index contributed by atoms with van der Waals surface area (Å²) in [6.45, 7) is 11.5. The standard InChI is InChI=1S/C14H26N2O2S2/c1-11(2)15-8-12-7-13(9-19-12)20(17,18)16(6)10-14(3,4)5/h7,9,11,15H,8,10H2,1-6H3. The molecular weight excluding hydrogens is 292 g/mol. The normalized spacial score (nSPS) is 13.4. The summed E-state index contributed by atoms with van der Waals surface area (Å²) < 4.78 is 26.4. The minimum absolute atomic E-state index is 0.0557. The van der Waals surface area contributed by atoms with Gasteiger partial charge in [0, 0.05) is 36.4 Å². The van der Waals surface area contributed by atoms with Crippen molar-refractivity contribution < 1.29 is 8.42 Å². The SMILES string of the molecule is CC(C)NCc1cc(S(=O)(=O)N(C)CC(C)(C)C)cs1. The zero-order valence-electron chi connectivity index (χ0n) is 13.2. The highest BCUT2D eigenvalue weighted by Crippen LogP contribution is 2.24. The number of nitrogens with one attached hydrogen (secondary N) is 1. The summed E-state index contributed by atoms with van der Waals surface area (Å²) in [5.41, 5.74) is -0.0557. The molecule has 0 radical (unpaired) electrons. The maximum Gasteiger partial charge on any atom is 0.243 e. The van der Waals surface area contributed by atoms with E-state index in [4.69, 9.17) is 0 Å². The smallest absolute Gasteiger partial charge is 0.243 e. The monoisotopic (exact) mass is 318 g/mol. The molecular formula is C14H26N2O2S2. The summed E-state index contributed by atoms with van der Waals surface area (Å²) in [4.78, 5) is 1.44. The van der Waals surface area contributed by atoms with Gasteiger partial charge in [0.1, 0.15) is 0 Å². The van der Waals surface area contributed by atoms with Crippen LogP contribution in [0.25, 0.3) is 0 Å². The molecule has 0 aromatic carbocycles. The van der Waals surface area contributed by atoms with Gasteiger partial charge in [0.15, 0.2) is 0 Å². The Morgan fingerprint density at radius 3 is 2.45 bits per heavy atom. The average Bonchev–Trinajstić information content (AvgIpc) is 2.72. The molecule has 1 rings (SSSR count). The topological polar surface area (TPSA) is 49.4 Å². The van der Waals surface area contributed by atoms with E-state index in [0.717, 1.165) is 4.88 Å². The van der Waals surface area contributed by atoms with E-state index in [2.05, 4.69) is 19.2 Å². The van der Waals surface area contributed by atoms with Gasteiger partial charge in [0.25, 0.3) is 0 Å². The summed E-state index contributed by atoms with van der Waals surface area (Å²) in [5.74, 6) is 0. The lowest BCUT2D eigenvalue weighted by Crippen LogP contribution is -2.34. The van der Waals surface area contributed by atoms with Crippen LogP contribution in [0.15, 0.2) is 16.3 Å². The van der Waals surface area contributed by atoms with Crippen molar-refractivity contribution in [1.29, 1.82) is 0 Å². The van der Waals surface area contributed by atoms with Crippen LogP contribution in [0.2, 0.25) is 0 Å². The second-order valence-corrected chi connectivity index (χ2v) is 9.65. The lowest BCUT2D eigenvalue weighted by molar-refractivity contribution is 0.311. The van der Waals surface area contributed by atoms with Crippen molar-refractivity contribution in [1.82, 2.24) is 9.62 Å². The Morgan fingerprint density at radius 2 is 1.95 bits per heavy atom. The Labute approximate surface area is 127 Å². The predicted octanol–water partition coefficient (Wildman–Crippen LogP) is 2.91. The van der Waals surface area contributed by atoms with Crippen molar-refractivity contribution >= 4 is 21.4 Å². The molecule has 4 nitrogen and oxygen atoms in total. The Morgan fingerprint density at radius 1 is 1.35 bits per heavy atom. The van der Waals surface area contributed by atoms with E-state index in [9.17, 15) is 8.42 Å². The van der Waals surface area contributed by atoms with E-state index in [1.165, 1.54) is 15.6 Å². The first-order chi connectivity index (χ1) is 9.02. The number of hydrogen-bond acceptors (Lipinski definition) is 4. The first-order valence-corrected chi connectivity index (χ1v) is 9.11. The molecule has 1 heterocycles. The molecule has 0 saturated heterocycles. The zero-order chi connectivity index (χ0) is 15.6. The molecule has 0 atom stereocenters. The molecule has 1 aromatic rings. The van der Waals surface area contributed by atoms with Crippen LogP contribution in [0.1, 0.15) is 39.5 Å². The molecule has 0 unspecified atom stereocenters. The number of nitrogens with zero attached hydrogens (tertiary/aromatic N) is 1. The lowest BCUT2D eigenvalue weighted by atomic mass is 9.97. The summed E-state index contributed by atoms with van der Waals surface area (Å²) in [6, 6.07) is 2.16. The maximum atomic E-state index is 12.5. The number of sulfonamides is 1. The van der Waals surface area contributed by atoms with Crippen molar-refractivity contribution in [2.75, 3.05) is 13.6 Å². The molecule has 1 aromatic heterocycles. The molecule has 20 heavy (non-hydrogen) atoms. The average molecular weight is 319 g/mol. The molecule has 0 saturated carbocycles. The Bertz CT molecular complexity index is 528. The zero-order valence-corrected chi connectivity index (χ0v) is 14.9. The minimum Gasteiger partial charge on any atom is -0.310 e. The fourth-order valence-electron chi connectivity index (χ4n) is 1.83. The van der Waals surface area contributed by atoms with E-state index in [1.54, 1.807) is 18.5 Å². The molecule has 0 aliphatic carbocycles. The van der Waals surface area contributed by atoms with E-state index in [1.807, 2.05) is 20.8 Å². The third kappa shape index (κ3) is 5.16. The molecule has 0 fully saturated rings.